The third-order valence-electron chi connectivity index (χ3n) is 2.51. The standard InChI is InChI=1S/C12H17BrFNO5S/c1-19-4-5-20-3-2-15-21(17,18)11-7-10(13)6-9(8-16)12(11)14/h6-7,15-16H,2-5,8H2,1H3. The summed E-state index contributed by atoms with van der Waals surface area (Å²) in [7, 11) is -2.49. The number of hydrogen-bond donors (Lipinski definition) is 2. The zero-order valence-electron chi connectivity index (χ0n) is 11.4. The molecular weight excluding hydrogens is 369 g/mol. The molecule has 2 N–H and O–H groups in total. The van der Waals surface area contributed by atoms with Gasteiger partial charge in [0, 0.05) is 23.7 Å². The number of ether oxygens (including phenoxy) is 2. The highest BCUT2D eigenvalue weighted by atomic mass is 79.9. The van der Waals surface area contributed by atoms with Crippen molar-refractivity contribution in [3.8, 4) is 0 Å². The average molecular weight is 386 g/mol. The average Bonchev–Trinajstić information content (AvgIpc) is 2.44. The van der Waals surface area contributed by atoms with Gasteiger partial charge in [0.05, 0.1) is 26.4 Å². The zero-order chi connectivity index (χ0) is 15.9. The van der Waals surface area contributed by atoms with Gasteiger partial charge >= 0.3 is 0 Å². The van der Waals surface area contributed by atoms with E-state index in [1.54, 1.807) is 0 Å². The Bertz CT molecular complexity index is 567. The molecule has 0 spiro atoms. The van der Waals surface area contributed by atoms with Crippen molar-refractivity contribution in [2.75, 3.05) is 33.5 Å². The Balaban J connectivity index is 2.72. The Morgan fingerprint density at radius 1 is 1.33 bits per heavy atom. The Labute approximate surface area is 131 Å². The van der Waals surface area contributed by atoms with Crippen molar-refractivity contribution < 1.29 is 27.4 Å². The molecular formula is C12H17BrFNO5S. The Morgan fingerprint density at radius 2 is 2.05 bits per heavy atom. The van der Waals surface area contributed by atoms with Crippen LogP contribution in [0.15, 0.2) is 21.5 Å². The molecule has 0 saturated heterocycles. The maximum Gasteiger partial charge on any atom is 0.243 e. The quantitative estimate of drug-likeness (QED) is 0.620. The van der Waals surface area contributed by atoms with E-state index < -0.39 is 27.3 Å². The predicted molar refractivity (Wildman–Crippen MR) is 77.9 cm³/mol. The van der Waals surface area contributed by atoms with E-state index in [-0.39, 0.29) is 18.7 Å². The third kappa shape index (κ3) is 5.61. The first-order chi connectivity index (χ1) is 9.92. The smallest absolute Gasteiger partial charge is 0.243 e. The number of methoxy groups -OCH3 is 1. The summed E-state index contributed by atoms with van der Waals surface area (Å²) >= 11 is 3.08. The molecule has 21 heavy (non-hydrogen) atoms. The molecule has 0 amide bonds. The van der Waals surface area contributed by atoms with E-state index in [0.29, 0.717) is 17.7 Å². The van der Waals surface area contributed by atoms with E-state index in [4.69, 9.17) is 14.6 Å². The van der Waals surface area contributed by atoms with Crippen LogP contribution in [-0.4, -0.2) is 47.0 Å². The van der Waals surface area contributed by atoms with Gasteiger partial charge in [0.2, 0.25) is 10.0 Å². The van der Waals surface area contributed by atoms with Crippen LogP contribution in [0, 0.1) is 5.82 Å². The molecule has 1 aromatic rings. The van der Waals surface area contributed by atoms with Gasteiger partial charge in [0.1, 0.15) is 10.7 Å². The molecule has 0 aliphatic heterocycles. The molecule has 9 heteroatoms. The summed E-state index contributed by atoms with van der Waals surface area (Å²) in [5.41, 5.74) is -0.0962. The van der Waals surface area contributed by atoms with E-state index in [1.165, 1.54) is 13.2 Å². The van der Waals surface area contributed by atoms with E-state index in [9.17, 15) is 12.8 Å². The third-order valence-corrected chi connectivity index (χ3v) is 4.43. The molecule has 0 unspecified atom stereocenters. The minimum Gasteiger partial charge on any atom is -0.392 e. The van der Waals surface area contributed by atoms with Crippen LogP contribution in [0.4, 0.5) is 4.39 Å². The van der Waals surface area contributed by atoms with Gasteiger partial charge in [-0.3, -0.25) is 0 Å². The van der Waals surface area contributed by atoms with E-state index in [0.717, 1.165) is 6.07 Å². The molecule has 0 aliphatic carbocycles. The fraction of sp³-hybridized carbons (Fsp3) is 0.500. The molecule has 0 bridgehead atoms. The molecule has 120 valence electrons. The molecule has 0 radical (unpaired) electrons. The molecule has 0 aliphatic rings. The number of benzene rings is 1. The van der Waals surface area contributed by atoms with Crippen molar-refractivity contribution in [2.45, 2.75) is 11.5 Å². The maximum absolute atomic E-state index is 14.0. The molecule has 6 nitrogen and oxygen atoms in total. The topological polar surface area (TPSA) is 84.9 Å². The van der Waals surface area contributed by atoms with Crippen molar-refractivity contribution >= 4 is 26.0 Å². The second-order valence-electron chi connectivity index (χ2n) is 4.04. The van der Waals surface area contributed by atoms with Crippen LogP contribution in [-0.2, 0) is 26.1 Å². The van der Waals surface area contributed by atoms with Gasteiger partial charge in [-0.1, -0.05) is 15.9 Å². The zero-order valence-corrected chi connectivity index (χ0v) is 13.8. The maximum atomic E-state index is 14.0. The normalized spacial score (nSPS) is 11.8. The van der Waals surface area contributed by atoms with Gasteiger partial charge in [0.15, 0.2) is 0 Å². The summed E-state index contributed by atoms with van der Waals surface area (Å²) < 4.78 is 50.5. The number of nitrogens with one attached hydrogen (secondary N) is 1. The summed E-state index contributed by atoms with van der Waals surface area (Å²) in [5.74, 6) is -0.964. The molecule has 0 atom stereocenters. The second-order valence-corrected chi connectivity index (χ2v) is 6.69. The van der Waals surface area contributed by atoms with Gasteiger partial charge in [-0.05, 0) is 12.1 Å². The van der Waals surface area contributed by atoms with Crippen LogP contribution in [0.5, 0.6) is 0 Å². The number of sulfonamides is 1. The minimum atomic E-state index is -4.02. The van der Waals surface area contributed by atoms with Crippen molar-refractivity contribution in [2.24, 2.45) is 0 Å². The summed E-state index contributed by atoms with van der Waals surface area (Å²) in [6, 6.07) is 2.46. The lowest BCUT2D eigenvalue weighted by molar-refractivity contribution is 0.0736. The highest BCUT2D eigenvalue weighted by Gasteiger charge is 2.21. The fourth-order valence-corrected chi connectivity index (χ4v) is 3.31. The number of aliphatic hydroxyl groups is 1. The van der Waals surface area contributed by atoms with Gasteiger partial charge < -0.3 is 14.6 Å². The first-order valence-electron chi connectivity index (χ1n) is 6.07. The first kappa shape index (κ1) is 18.5. The van der Waals surface area contributed by atoms with Crippen LogP contribution in [0.2, 0.25) is 0 Å². The second kappa shape index (κ2) is 8.76. The SMILES string of the molecule is COCCOCCNS(=O)(=O)c1cc(Br)cc(CO)c1F. The number of hydrogen-bond acceptors (Lipinski definition) is 5. The van der Waals surface area contributed by atoms with Crippen molar-refractivity contribution in [3.63, 3.8) is 0 Å². The van der Waals surface area contributed by atoms with Crippen LogP contribution >= 0.6 is 15.9 Å². The van der Waals surface area contributed by atoms with Gasteiger partial charge in [-0.15, -0.1) is 0 Å². The van der Waals surface area contributed by atoms with Gasteiger partial charge in [0.25, 0.3) is 0 Å². The Kier molecular flexibility index (Phi) is 7.71. The van der Waals surface area contributed by atoms with Crippen LogP contribution < -0.4 is 4.72 Å². The summed E-state index contributed by atoms with van der Waals surface area (Å²) in [5, 5.41) is 9.02. The number of halogens is 2. The molecule has 1 aromatic carbocycles. The molecule has 0 fully saturated rings. The largest absolute Gasteiger partial charge is 0.392 e. The lowest BCUT2D eigenvalue weighted by Crippen LogP contribution is -2.28. The number of rotatable bonds is 9. The monoisotopic (exact) mass is 385 g/mol. The highest BCUT2D eigenvalue weighted by Crippen LogP contribution is 2.24. The summed E-state index contributed by atoms with van der Waals surface area (Å²) in [6.07, 6.45) is 0. The lowest BCUT2D eigenvalue weighted by Gasteiger charge is -2.10. The van der Waals surface area contributed by atoms with Crippen LogP contribution in [0.1, 0.15) is 5.56 Å². The fourth-order valence-electron chi connectivity index (χ4n) is 1.50. The van der Waals surface area contributed by atoms with Gasteiger partial charge in [-0.25, -0.2) is 17.5 Å². The van der Waals surface area contributed by atoms with E-state index in [1.807, 2.05) is 0 Å². The summed E-state index contributed by atoms with van der Waals surface area (Å²) in [4.78, 5) is -0.516. The van der Waals surface area contributed by atoms with Crippen LogP contribution in [0.25, 0.3) is 0 Å². The predicted octanol–water partition coefficient (Wildman–Crippen LogP) is 1.02. The van der Waals surface area contributed by atoms with Crippen molar-refractivity contribution in [1.82, 2.24) is 4.72 Å². The van der Waals surface area contributed by atoms with Crippen LogP contribution in [0.3, 0.4) is 0 Å². The highest BCUT2D eigenvalue weighted by molar-refractivity contribution is 9.10. The van der Waals surface area contributed by atoms with Crippen molar-refractivity contribution in [3.05, 3.63) is 28.0 Å². The molecule has 0 heterocycles. The van der Waals surface area contributed by atoms with Gasteiger partial charge in [-0.2, -0.15) is 0 Å². The lowest BCUT2D eigenvalue weighted by atomic mass is 10.2. The molecule has 0 aromatic heterocycles. The molecule has 0 saturated carbocycles. The van der Waals surface area contributed by atoms with E-state index >= 15 is 0 Å². The number of aliphatic hydroxyl groups excluding tert-OH is 1. The van der Waals surface area contributed by atoms with Crippen molar-refractivity contribution in [1.29, 1.82) is 0 Å². The Morgan fingerprint density at radius 3 is 2.67 bits per heavy atom. The van der Waals surface area contributed by atoms with E-state index in [2.05, 4.69) is 20.7 Å². The summed E-state index contributed by atoms with van der Waals surface area (Å²) in [6.45, 7) is 0.316. The first-order valence-corrected chi connectivity index (χ1v) is 8.35. The Hall–Kier alpha value is -0.580. The minimum absolute atomic E-state index is 0.00641. The molecule has 1 rings (SSSR count).